The Bertz CT molecular complexity index is 3570. The first-order chi connectivity index (χ1) is 31.0. The predicted octanol–water partition coefficient (Wildman–Crippen LogP) is 15.6. The summed E-state index contributed by atoms with van der Waals surface area (Å²) >= 11 is 0. The highest BCUT2D eigenvalue weighted by Gasteiger charge is 2.36. The van der Waals surface area contributed by atoms with Crippen molar-refractivity contribution in [3.8, 4) is 78.7 Å². The molecule has 0 atom stereocenters. The third-order valence-electron chi connectivity index (χ3n) is 13.2. The second-order valence-electron chi connectivity index (χ2n) is 17.1. The molecule has 0 saturated carbocycles. The lowest BCUT2D eigenvalue weighted by Crippen LogP contribution is -2.14. The van der Waals surface area contributed by atoms with Crippen molar-refractivity contribution in [1.29, 1.82) is 0 Å². The summed E-state index contributed by atoms with van der Waals surface area (Å²) in [5.41, 5.74) is 15.1. The molecule has 0 fully saturated rings. The molecule has 11 aromatic rings. The average Bonchev–Trinajstić information content (AvgIpc) is 3.59. The van der Waals surface area contributed by atoms with Crippen LogP contribution in [-0.2, 0) is 5.41 Å². The van der Waals surface area contributed by atoms with E-state index in [0.717, 1.165) is 38.9 Å². The molecule has 3 heteroatoms. The molecule has 0 aliphatic heterocycles. The standard InChI is InChI=1S/C60H41N3/c1-60(2)53-25-13-12-23-51(53)56-47(24-14-26-54(56)60)40-27-31-42(32-28-40)57-61-58(63-59(62-57)50-22-11-10-19-45(50)38-15-4-3-5-16-38)43-33-29-41(30-34-43)55-48-21-9-7-18-44(48)37-52-46-20-8-6-17-39(46)35-36-49(52)55/h3-37H,1-2H3. The van der Waals surface area contributed by atoms with E-state index >= 15 is 0 Å². The van der Waals surface area contributed by atoms with Crippen molar-refractivity contribution in [2.24, 2.45) is 0 Å². The molecule has 1 heterocycles. The fraction of sp³-hybridized carbons (Fsp3) is 0.0500. The molecule has 1 aliphatic carbocycles. The van der Waals surface area contributed by atoms with Gasteiger partial charge in [0, 0.05) is 22.1 Å². The van der Waals surface area contributed by atoms with Gasteiger partial charge in [-0.05, 0) is 94.0 Å². The van der Waals surface area contributed by atoms with Crippen LogP contribution in [0, 0.1) is 0 Å². The fourth-order valence-corrected chi connectivity index (χ4v) is 10.0. The van der Waals surface area contributed by atoms with E-state index in [0.29, 0.717) is 17.5 Å². The summed E-state index contributed by atoms with van der Waals surface area (Å²) in [6, 6.07) is 76.2. The predicted molar refractivity (Wildman–Crippen MR) is 263 cm³/mol. The van der Waals surface area contributed by atoms with Gasteiger partial charge >= 0.3 is 0 Å². The molecule has 63 heavy (non-hydrogen) atoms. The molecule has 1 aromatic heterocycles. The van der Waals surface area contributed by atoms with E-state index in [1.54, 1.807) is 0 Å². The van der Waals surface area contributed by atoms with Crippen molar-refractivity contribution in [3.63, 3.8) is 0 Å². The second kappa shape index (κ2) is 14.6. The molecule has 0 amide bonds. The SMILES string of the molecule is CC1(C)c2ccccc2-c2c(-c3ccc(-c4nc(-c5ccc(-c6c7ccccc7cc7c6ccc6ccccc67)cc5)nc(-c5ccccc5-c5ccccc5)n4)cc3)cccc21. The summed E-state index contributed by atoms with van der Waals surface area (Å²) in [6.07, 6.45) is 0. The first-order valence-corrected chi connectivity index (χ1v) is 21.7. The monoisotopic (exact) mass is 803 g/mol. The number of hydrogen-bond acceptors (Lipinski definition) is 3. The van der Waals surface area contributed by atoms with Gasteiger partial charge in [-0.25, -0.2) is 15.0 Å². The molecule has 10 aromatic carbocycles. The zero-order valence-electron chi connectivity index (χ0n) is 35.0. The van der Waals surface area contributed by atoms with Crippen LogP contribution in [0.2, 0.25) is 0 Å². The van der Waals surface area contributed by atoms with Crippen molar-refractivity contribution in [2.75, 3.05) is 0 Å². The maximum Gasteiger partial charge on any atom is 0.164 e. The fourth-order valence-electron chi connectivity index (χ4n) is 10.0. The van der Waals surface area contributed by atoms with E-state index in [2.05, 4.69) is 220 Å². The third kappa shape index (κ3) is 6.07. The molecule has 0 bridgehead atoms. The Labute approximate surface area is 367 Å². The van der Waals surface area contributed by atoms with Crippen molar-refractivity contribution < 1.29 is 0 Å². The molecule has 0 radical (unpaired) electrons. The van der Waals surface area contributed by atoms with Gasteiger partial charge in [0.05, 0.1) is 0 Å². The van der Waals surface area contributed by atoms with Crippen LogP contribution >= 0.6 is 0 Å². The Kier molecular flexibility index (Phi) is 8.52. The van der Waals surface area contributed by atoms with Gasteiger partial charge in [-0.3, -0.25) is 0 Å². The number of nitrogens with zero attached hydrogens (tertiary/aromatic N) is 3. The van der Waals surface area contributed by atoms with Crippen LogP contribution in [0.4, 0.5) is 0 Å². The smallest absolute Gasteiger partial charge is 0.164 e. The van der Waals surface area contributed by atoms with Crippen LogP contribution in [0.25, 0.3) is 111 Å². The van der Waals surface area contributed by atoms with E-state index in [-0.39, 0.29) is 5.41 Å². The highest BCUT2D eigenvalue weighted by Crippen LogP contribution is 2.52. The van der Waals surface area contributed by atoms with Gasteiger partial charge in [-0.2, -0.15) is 0 Å². The molecule has 1 aliphatic rings. The van der Waals surface area contributed by atoms with E-state index in [9.17, 15) is 0 Å². The molecular weight excluding hydrogens is 763 g/mol. The highest BCUT2D eigenvalue weighted by atomic mass is 15.0. The zero-order valence-corrected chi connectivity index (χ0v) is 35.0. The molecule has 296 valence electrons. The first kappa shape index (κ1) is 36.8. The van der Waals surface area contributed by atoms with Crippen LogP contribution in [0.15, 0.2) is 212 Å². The summed E-state index contributed by atoms with van der Waals surface area (Å²) in [4.78, 5) is 15.7. The Balaban J connectivity index is 0.992. The van der Waals surface area contributed by atoms with Crippen LogP contribution in [-0.4, -0.2) is 15.0 Å². The molecule has 0 unspecified atom stereocenters. The largest absolute Gasteiger partial charge is 0.208 e. The van der Waals surface area contributed by atoms with Crippen molar-refractivity contribution >= 4 is 32.3 Å². The number of aromatic nitrogens is 3. The van der Waals surface area contributed by atoms with Gasteiger partial charge in [0.1, 0.15) is 0 Å². The van der Waals surface area contributed by atoms with E-state index in [1.807, 2.05) is 6.07 Å². The Morgan fingerprint density at radius 1 is 0.286 bits per heavy atom. The van der Waals surface area contributed by atoms with Crippen molar-refractivity contribution in [3.05, 3.63) is 223 Å². The zero-order chi connectivity index (χ0) is 42.1. The van der Waals surface area contributed by atoms with E-state index in [4.69, 9.17) is 15.0 Å². The molecular formula is C60H41N3. The normalized spacial score (nSPS) is 12.7. The van der Waals surface area contributed by atoms with Crippen LogP contribution in [0.3, 0.4) is 0 Å². The summed E-state index contributed by atoms with van der Waals surface area (Å²) in [5, 5.41) is 7.44. The lowest BCUT2D eigenvalue weighted by molar-refractivity contribution is 0.660. The lowest BCUT2D eigenvalue weighted by Gasteiger charge is -2.21. The average molecular weight is 804 g/mol. The Hall–Kier alpha value is -8.01. The van der Waals surface area contributed by atoms with Crippen LogP contribution in [0.5, 0.6) is 0 Å². The molecule has 3 nitrogen and oxygen atoms in total. The molecule has 0 spiro atoms. The first-order valence-electron chi connectivity index (χ1n) is 21.7. The summed E-state index contributed by atoms with van der Waals surface area (Å²) in [6.45, 7) is 4.66. The minimum Gasteiger partial charge on any atom is -0.208 e. The number of fused-ring (bicyclic) bond motifs is 7. The Morgan fingerprint density at radius 2 is 0.810 bits per heavy atom. The number of rotatable bonds is 6. The van der Waals surface area contributed by atoms with Crippen LogP contribution < -0.4 is 0 Å². The topological polar surface area (TPSA) is 38.7 Å². The number of hydrogen-bond donors (Lipinski definition) is 0. The summed E-state index contributed by atoms with van der Waals surface area (Å²) in [7, 11) is 0. The van der Waals surface area contributed by atoms with Gasteiger partial charge in [0.2, 0.25) is 0 Å². The van der Waals surface area contributed by atoms with Gasteiger partial charge in [-0.15, -0.1) is 0 Å². The van der Waals surface area contributed by atoms with Gasteiger partial charge in [0.25, 0.3) is 0 Å². The van der Waals surface area contributed by atoms with Gasteiger partial charge < -0.3 is 0 Å². The highest BCUT2D eigenvalue weighted by molar-refractivity contribution is 6.20. The summed E-state index contributed by atoms with van der Waals surface area (Å²) in [5.74, 6) is 1.89. The quantitative estimate of drug-likeness (QED) is 0.124. The van der Waals surface area contributed by atoms with Crippen molar-refractivity contribution in [1.82, 2.24) is 15.0 Å². The minimum absolute atomic E-state index is 0.0641. The molecule has 0 saturated heterocycles. The third-order valence-corrected chi connectivity index (χ3v) is 13.2. The maximum atomic E-state index is 5.24. The maximum absolute atomic E-state index is 5.24. The van der Waals surface area contributed by atoms with Gasteiger partial charge in [0.15, 0.2) is 17.5 Å². The molecule has 12 rings (SSSR count). The number of benzene rings is 10. The van der Waals surface area contributed by atoms with E-state index in [1.165, 1.54) is 65.7 Å². The Morgan fingerprint density at radius 3 is 1.56 bits per heavy atom. The second-order valence-corrected chi connectivity index (χ2v) is 17.1. The summed E-state index contributed by atoms with van der Waals surface area (Å²) < 4.78 is 0. The lowest BCUT2D eigenvalue weighted by atomic mass is 9.82. The van der Waals surface area contributed by atoms with Crippen LogP contribution in [0.1, 0.15) is 25.0 Å². The minimum atomic E-state index is -0.0641. The van der Waals surface area contributed by atoms with E-state index < -0.39 is 0 Å². The van der Waals surface area contributed by atoms with Crippen molar-refractivity contribution in [2.45, 2.75) is 19.3 Å². The molecule has 0 N–H and O–H groups in total. The van der Waals surface area contributed by atoms with Gasteiger partial charge in [-0.1, -0.05) is 220 Å².